The van der Waals surface area contributed by atoms with E-state index in [-0.39, 0.29) is 17.4 Å². The van der Waals surface area contributed by atoms with Crippen molar-refractivity contribution in [3.05, 3.63) is 29.5 Å². The Morgan fingerprint density at radius 2 is 1.84 bits per heavy atom. The van der Waals surface area contributed by atoms with Crippen LogP contribution in [0.5, 0.6) is 5.75 Å². The van der Waals surface area contributed by atoms with Crippen molar-refractivity contribution in [3.8, 4) is 5.75 Å². The first kappa shape index (κ1) is 20.4. The fraction of sp³-hybridized carbons (Fsp3) is 0.600. The molecule has 6 heteroatoms. The minimum Gasteiger partial charge on any atom is -0.497 e. The number of aromatic nitrogens is 1. The fourth-order valence-corrected chi connectivity index (χ4v) is 6.06. The number of methoxy groups -OCH3 is 1. The lowest BCUT2D eigenvalue weighted by Crippen LogP contribution is -2.65. The molecular weight excluding hydrogens is 390 g/mol. The largest absolute Gasteiger partial charge is 0.497 e. The predicted octanol–water partition coefficient (Wildman–Crippen LogP) is 4.30. The van der Waals surface area contributed by atoms with Gasteiger partial charge in [-0.15, -0.1) is 0 Å². The zero-order chi connectivity index (χ0) is 21.8. The van der Waals surface area contributed by atoms with E-state index in [4.69, 9.17) is 4.74 Å². The van der Waals surface area contributed by atoms with Gasteiger partial charge in [-0.05, 0) is 50.8 Å². The van der Waals surface area contributed by atoms with Crippen molar-refractivity contribution in [2.75, 3.05) is 26.7 Å². The zero-order valence-corrected chi connectivity index (χ0v) is 18.9. The average Bonchev–Trinajstić information content (AvgIpc) is 3.56. The molecule has 2 aromatic rings. The third-order valence-electron chi connectivity index (χ3n) is 7.68. The third kappa shape index (κ3) is 3.31. The molecule has 0 atom stereocenters. The molecule has 3 aliphatic rings. The maximum atomic E-state index is 14.0. The van der Waals surface area contributed by atoms with Crippen molar-refractivity contribution in [3.63, 3.8) is 0 Å². The second-order valence-electron chi connectivity index (χ2n) is 9.63. The first-order chi connectivity index (χ1) is 14.9. The molecule has 0 radical (unpaired) electrons. The normalized spacial score (nSPS) is 21.0. The van der Waals surface area contributed by atoms with Crippen LogP contribution < -0.4 is 4.74 Å². The van der Waals surface area contributed by atoms with E-state index in [2.05, 4.69) is 22.5 Å². The molecule has 1 aliphatic heterocycles. The van der Waals surface area contributed by atoms with E-state index in [9.17, 15) is 9.59 Å². The Labute approximate surface area is 184 Å². The molecule has 3 fully saturated rings. The summed E-state index contributed by atoms with van der Waals surface area (Å²) in [7, 11) is 1.67. The maximum absolute atomic E-state index is 14.0. The van der Waals surface area contributed by atoms with E-state index in [0.29, 0.717) is 25.7 Å². The lowest BCUT2D eigenvalue weighted by Gasteiger charge is -2.52. The highest BCUT2D eigenvalue weighted by molar-refractivity contribution is 6.09. The zero-order valence-electron chi connectivity index (χ0n) is 18.9. The van der Waals surface area contributed by atoms with E-state index in [0.717, 1.165) is 53.6 Å². The molecule has 0 bridgehead atoms. The second kappa shape index (κ2) is 7.57. The van der Waals surface area contributed by atoms with Gasteiger partial charge < -0.3 is 19.1 Å². The van der Waals surface area contributed by atoms with E-state index < -0.39 is 0 Å². The lowest BCUT2D eigenvalue weighted by molar-refractivity contribution is -0.141. The number of hydrogen-bond donors (Lipinski definition) is 0. The first-order valence-electron chi connectivity index (χ1n) is 11.7. The van der Waals surface area contributed by atoms with Crippen molar-refractivity contribution in [1.29, 1.82) is 0 Å². The molecule has 1 aromatic heterocycles. The van der Waals surface area contributed by atoms with Crippen molar-refractivity contribution >= 4 is 22.7 Å². The van der Waals surface area contributed by atoms with Gasteiger partial charge >= 0.3 is 0 Å². The number of benzene rings is 1. The SMILES string of the molecule is COc1ccc2c(c1)c(C(=O)N1CCN(C(C)=O)C3(CCCCC3)C1)c(C)n2C1CC1. The number of ether oxygens (including phenoxy) is 1. The molecule has 0 unspecified atom stereocenters. The van der Waals surface area contributed by atoms with Gasteiger partial charge in [-0.1, -0.05) is 19.3 Å². The third-order valence-corrected chi connectivity index (χ3v) is 7.68. The molecule has 0 N–H and O–H groups in total. The van der Waals surface area contributed by atoms with Crippen LogP contribution in [0.15, 0.2) is 18.2 Å². The minimum atomic E-state index is -0.196. The number of piperazine rings is 1. The van der Waals surface area contributed by atoms with Crippen LogP contribution in [-0.2, 0) is 4.79 Å². The number of fused-ring (bicyclic) bond motifs is 1. The van der Waals surface area contributed by atoms with Gasteiger partial charge in [-0.3, -0.25) is 9.59 Å². The topological polar surface area (TPSA) is 54.8 Å². The van der Waals surface area contributed by atoms with Crippen LogP contribution in [0.2, 0.25) is 0 Å². The molecule has 2 heterocycles. The average molecular weight is 424 g/mol. The van der Waals surface area contributed by atoms with E-state index in [1.165, 1.54) is 19.3 Å². The van der Waals surface area contributed by atoms with E-state index >= 15 is 0 Å². The first-order valence-corrected chi connectivity index (χ1v) is 11.7. The van der Waals surface area contributed by atoms with Gasteiger partial charge in [0, 0.05) is 49.2 Å². The van der Waals surface area contributed by atoms with Gasteiger partial charge in [-0.2, -0.15) is 0 Å². The summed E-state index contributed by atoms with van der Waals surface area (Å²) in [5.74, 6) is 1.02. The summed E-state index contributed by atoms with van der Waals surface area (Å²) in [6.07, 6.45) is 7.80. The fourth-order valence-electron chi connectivity index (χ4n) is 6.06. The highest BCUT2D eigenvalue weighted by atomic mass is 16.5. The number of carbonyl (C=O) groups excluding carboxylic acids is 2. The van der Waals surface area contributed by atoms with Crippen LogP contribution in [0.25, 0.3) is 10.9 Å². The van der Waals surface area contributed by atoms with Crippen molar-refractivity contribution in [2.45, 2.75) is 70.4 Å². The maximum Gasteiger partial charge on any atom is 0.256 e. The van der Waals surface area contributed by atoms with Gasteiger partial charge in [0.05, 0.1) is 18.2 Å². The molecule has 6 nitrogen and oxygen atoms in total. The Hall–Kier alpha value is -2.50. The molecule has 2 amide bonds. The summed E-state index contributed by atoms with van der Waals surface area (Å²) >= 11 is 0. The number of carbonyl (C=O) groups is 2. The van der Waals surface area contributed by atoms with E-state index in [1.54, 1.807) is 14.0 Å². The Morgan fingerprint density at radius 1 is 1.10 bits per heavy atom. The Bertz CT molecular complexity index is 1030. The predicted molar refractivity (Wildman–Crippen MR) is 121 cm³/mol. The van der Waals surface area contributed by atoms with Gasteiger partial charge in [0.15, 0.2) is 0 Å². The molecule has 1 aromatic carbocycles. The Morgan fingerprint density at radius 3 is 2.48 bits per heavy atom. The summed E-state index contributed by atoms with van der Waals surface area (Å²) in [5.41, 5.74) is 2.79. The molecular formula is C25H33N3O3. The van der Waals surface area contributed by atoms with Crippen molar-refractivity contribution in [1.82, 2.24) is 14.4 Å². The van der Waals surface area contributed by atoms with Crippen LogP contribution in [0.4, 0.5) is 0 Å². The Kier molecular flexibility index (Phi) is 4.98. The van der Waals surface area contributed by atoms with Crippen LogP contribution in [0.1, 0.15) is 74.0 Å². The van der Waals surface area contributed by atoms with Crippen molar-refractivity contribution in [2.24, 2.45) is 0 Å². The van der Waals surface area contributed by atoms with Gasteiger partial charge in [0.1, 0.15) is 5.75 Å². The van der Waals surface area contributed by atoms with Crippen LogP contribution in [-0.4, -0.2) is 58.5 Å². The number of rotatable bonds is 3. The smallest absolute Gasteiger partial charge is 0.256 e. The summed E-state index contributed by atoms with van der Waals surface area (Å²) in [6.45, 7) is 5.63. The number of hydrogen-bond acceptors (Lipinski definition) is 3. The van der Waals surface area contributed by atoms with Crippen LogP contribution in [0, 0.1) is 6.92 Å². The molecule has 1 spiro atoms. The highest BCUT2D eigenvalue weighted by Gasteiger charge is 2.45. The van der Waals surface area contributed by atoms with Gasteiger partial charge in [0.25, 0.3) is 5.91 Å². The van der Waals surface area contributed by atoms with Gasteiger partial charge in [0.2, 0.25) is 5.91 Å². The van der Waals surface area contributed by atoms with Crippen molar-refractivity contribution < 1.29 is 14.3 Å². The molecule has 1 saturated heterocycles. The van der Waals surface area contributed by atoms with E-state index in [1.807, 2.05) is 17.0 Å². The standard InChI is InChI=1S/C25H33N3O3/c1-17-23(21-15-20(31-3)9-10-22(21)28(17)19-7-8-19)24(30)26-13-14-27(18(2)29)25(16-26)11-5-4-6-12-25/h9-10,15,19H,4-8,11-14,16H2,1-3H3. The van der Waals surface area contributed by atoms with Gasteiger partial charge in [-0.25, -0.2) is 0 Å². The van der Waals surface area contributed by atoms with Crippen LogP contribution >= 0.6 is 0 Å². The minimum absolute atomic E-state index is 0.100. The van der Waals surface area contributed by atoms with Crippen LogP contribution in [0.3, 0.4) is 0 Å². The number of nitrogens with zero attached hydrogens (tertiary/aromatic N) is 3. The summed E-state index contributed by atoms with van der Waals surface area (Å²) in [6, 6.07) is 6.58. The molecule has 166 valence electrons. The Balaban J connectivity index is 1.54. The summed E-state index contributed by atoms with van der Waals surface area (Å²) < 4.78 is 7.83. The molecule has 31 heavy (non-hydrogen) atoms. The summed E-state index contributed by atoms with van der Waals surface area (Å²) in [5, 5.41) is 0.987. The second-order valence-corrected chi connectivity index (χ2v) is 9.63. The summed E-state index contributed by atoms with van der Waals surface area (Å²) in [4.78, 5) is 30.4. The molecule has 2 aliphatic carbocycles. The number of amides is 2. The quantitative estimate of drug-likeness (QED) is 0.740. The highest BCUT2D eigenvalue weighted by Crippen LogP contribution is 2.43. The monoisotopic (exact) mass is 423 g/mol. The lowest BCUT2D eigenvalue weighted by atomic mass is 9.78. The molecule has 2 saturated carbocycles. The molecule has 5 rings (SSSR count).